The lowest BCUT2D eigenvalue weighted by molar-refractivity contribution is -0.127. The minimum Gasteiger partial charge on any atom is -0.481 e. The van der Waals surface area contributed by atoms with Crippen molar-refractivity contribution in [3.63, 3.8) is 0 Å². The highest BCUT2D eigenvalue weighted by Crippen LogP contribution is 2.33. The third-order valence-electron chi connectivity index (χ3n) is 3.75. The number of benzene rings is 2. The maximum absolute atomic E-state index is 12.6. The van der Waals surface area contributed by atoms with Gasteiger partial charge >= 0.3 is 0 Å². The van der Waals surface area contributed by atoms with Gasteiger partial charge in [-0.15, -0.1) is 0 Å². The number of rotatable bonds is 8. The Morgan fingerprint density at radius 3 is 2.17 bits per heavy atom. The number of carbonyl (C=O) groups excluding carboxylic acids is 1. The fourth-order valence-electron chi connectivity index (χ4n) is 2.21. The molecule has 2 rings (SSSR count). The molecule has 1 amide bonds. The Morgan fingerprint density at radius 1 is 1.00 bits per heavy atom. The van der Waals surface area contributed by atoms with Crippen LogP contribution in [0.4, 0.5) is 5.69 Å². The minimum absolute atomic E-state index is 0.0103. The number of sulfonamides is 1. The molecular formula is C19H21Cl3N2O4S. The highest BCUT2D eigenvalue weighted by Gasteiger charge is 2.19. The van der Waals surface area contributed by atoms with Crippen molar-refractivity contribution in [2.75, 3.05) is 11.3 Å². The minimum atomic E-state index is -3.92. The van der Waals surface area contributed by atoms with E-state index < -0.39 is 16.1 Å². The first-order chi connectivity index (χ1) is 13.5. The Morgan fingerprint density at radius 2 is 1.59 bits per heavy atom. The van der Waals surface area contributed by atoms with Crippen molar-refractivity contribution in [3.05, 3.63) is 51.5 Å². The summed E-state index contributed by atoms with van der Waals surface area (Å²) in [6, 6.07) is 8.35. The van der Waals surface area contributed by atoms with Crippen LogP contribution in [0.25, 0.3) is 0 Å². The Labute approximate surface area is 185 Å². The summed E-state index contributed by atoms with van der Waals surface area (Å²) < 4.78 is 33.1. The second-order valence-electron chi connectivity index (χ2n) is 6.72. The number of ether oxygens (including phenoxy) is 1. The van der Waals surface area contributed by atoms with Crippen molar-refractivity contribution in [2.45, 2.75) is 31.8 Å². The van der Waals surface area contributed by atoms with Gasteiger partial charge in [0.15, 0.2) is 6.10 Å². The molecule has 2 aromatic rings. The van der Waals surface area contributed by atoms with Gasteiger partial charge in [-0.1, -0.05) is 48.7 Å². The molecule has 29 heavy (non-hydrogen) atoms. The van der Waals surface area contributed by atoms with Gasteiger partial charge in [-0.25, -0.2) is 8.42 Å². The molecule has 0 aliphatic heterocycles. The van der Waals surface area contributed by atoms with E-state index in [2.05, 4.69) is 10.0 Å². The van der Waals surface area contributed by atoms with Crippen LogP contribution in [-0.4, -0.2) is 27.0 Å². The molecule has 0 spiro atoms. The molecule has 0 aromatic heterocycles. The summed E-state index contributed by atoms with van der Waals surface area (Å²) in [5, 5.41) is 3.28. The van der Waals surface area contributed by atoms with E-state index in [1.54, 1.807) is 6.92 Å². The summed E-state index contributed by atoms with van der Waals surface area (Å²) in [4.78, 5) is 12.0. The Balaban J connectivity index is 2.09. The van der Waals surface area contributed by atoms with Crippen LogP contribution in [0.15, 0.2) is 41.3 Å². The average molecular weight is 480 g/mol. The van der Waals surface area contributed by atoms with Gasteiger partial charge in [-0.2, -0.15) is 0 Å². The van der Waals surface area contributed by atoms with Gasteiger partial charge < -0.3 is 10.1 Å². The maximum atomic E-state index is 12.6. The largest absolute Gasteiger partial charge is 0.481 e. The van der Waals surface area contributed by atoms with E-state index in [0.29, 0.717) is 18.2 Å². The number of carbonyl (C=O) groups is 1. The molecule has 0 aliphatic rings. The number of anilines is 1. The van der Waals surface area contributed by atoms with Crippen LogP contribution >= 0.6 is 34.8 Å². The smallest absolute Gasteiger partial charge is 0.261 e. The Hall–Kier alpha value is -1.67. The molecule has 0 radical (unpaired) electrons. The summed E-state index contributed by atoms with van der Waals surface area (Å²) in [5.41, 5.74) is 0.108. The molecule has 2 N–H and O–H groups in total. The zero-order chi connectivity index (χ0) is 21.8. The molecular weight excluding hydrogens is 459 g/mol. The predicted molar refractivity (Wildman–Crippen MR) is 117 cm³/mol. The second-order valence-corrected chi connectivity index (χ2v) is 9.63. The summed E-state index contributed by atoms with van der Waals surface area (Å²) in [6.45, 7) is 6.15. The summed E-state index contributed by atoms with van der Waals surface area (Å²) in [5.74, 6) is 0.446. The Bertz CT molecular complexity index is 980. The molecule has 6 nitrogen and oxygen atoms in total. The number of nitrogens with one attached hydrogen (secondary N) is 2. The van der Waals surface area contributed by atoms with Gasteiger partial charge in [0.25, 0.3) is 15.9 Å². The van der Waals surface area contributed by atoms with Crippen LogP contribution in [0.3, 0.4) is 0 Å². The van der Waals surface area contributed by atoms with Crippen LogP contribution in [0, 0.1) is 5.92 Å². The van der Waals surface area contributed by atoms with E-state index in [4.69, 9.17) is 39.5 Å². The molecule has 0 aliphatic carbocycles. The zero-order valence-electron chi connectivity index (χ0n) is 16.0. The third kappa shape index (κ3) is 6.67. The monoisotopic (exact) mass is 478 g/mol. The Kier molecular flexibility index (Phi) is 8.05. The van der Waals surface area contributed by atoms with Crippen molar-refractivity contribution >= 4 is 56.4 Å². The van der Waals surface area contributed by atoms with Crippen molar-refractivity contribution in [1.82, 2.24) is 5.32 Å². The lowest BCUT2D eigenvalue weighted by Crippen LogP contribution is -2.38. The van der Waals surface area contributed by atoms with Gasteiger partial charge in [-0.05, 0) is 49.2 Å². The molecule has 158 valence electrons. The maximum Gasteiger partial charge on any atom is 0.261 e. The van der Waals surface area contributed by atoms with Gasteiger partial charge in [0.05, 0.1) is 25.7 Å². The molecule has 0 unspecified atom stereocenters. The first kappa shape index (κ1) is 23.6. The van der Waals surface area contributed by atoms with E-state index in [0.717, 1.165) is 0 Å². The van der Waals surface area contributed by atoms with Crippen molar-refractivity contribution in [2.24, 2.45) is 5.92 Å². The highest BCUT2D eigenvalue weighted by atomic mass is 35.5. The van der Waals surface area contributed by atoms with Crippen LogP contribution in [-0.2, 0) is 14.8 Å². The van der Waals surface area contributed by atoms with Gasteiger partial charge in [-0.3, -0.25) is 9.52 Å². The van der Waals surface area contributed by atoms with Crippen molar-refractivity contribution in [3.8, 4) is 5.75 Å². The fourth-order valence-corrected chi connectivity index (χ4v) is 3.93. The van der Waals surface area contributed by atoms with Crippen LogP contribution in [0.2, 0.25) is 15.1 Å². The van der Waals surface area contributed by atoms with Gasteiger partial charge in [0.1, 0.15) is 5.75 Å². The van der Waals surface area contributed by atoms with Gasteiger partial charge in [0.2, 0.25) is 0 Å². The van der Waals surface area contributed by atoms with Crippen molar-refractivity contribution < 1.29 is 17.9 Å². The molecule has 0 fully saturated rings. The summed E-state index contributed by atoms with van der Waals surface area (Å²) in [7, 11) is -3.92. The summed E-state index contributed by atoms with van der Waals surface area (Å²) >= 11 is 17.8. The molecule has 2 aromatic carbocycles. The number of hydrogen-bond acceptors (Lipinski definition) is 4. The summed E-state index contributed by atoms with van der Waals surface area (Å²) in [6.07, 6.45) is -0.718. The fraction of sp³-hybridized carbons (Fsp3) is 0.316. The lowest BCUT2D eigenvalue weighted by atomic mass is 10.2. The standard InChI is InChI=1S/C19H21Cl3N2O4S/c1-11(2)10-23-19(25)12(3)28-13-4-6-14(7-5-13)29(26,27)24-18-9-16(21)15(20)8-17(18)22/h4-9,11-12,24H,10H2,1-3H3,(H,23,25)/t12-/m1/s1. The first-order valence-corrected chi connectivity index (χ1v) is 11.3. The van der Waals surface area contributed by atoms with E-state index in [1.165, 1.54) is 36.4 Å². The number of hydrogen-bond donors (Lipinski definition) is 2. The number of halogens is 3. The highest BCUT2D eigenvalue weighted by molar-refractivity contribution is 7.92. The quantitative estimate of drug-likeness (QED) is 0.523. The zero-order valence-corrected chi connectivity index (χ0v) is 19.1. The first-order valence-electron chi connectivity index (χ1n) is 8.71. The van der Waals surface area contributed by atoms with E-state index in [9.17, 15) is 13.2 Å². The molecule has 1 atom stereocenters. The third-order valence-corrected chi connectivity index (χ3v) is 6.17. The van der Waals surface area contributed by atoms with Crippen LogP contribution in [0.5, 0.6) is 5.75 Å². The van der Waals surface area contributed by atoms with Crippen LogP contribution in [0.1, 0.15) is 20.8 Å². The molecule has 0 bridgehead atoms. The normalized spacial score (nSPS) is 12.5. The van der Waals surface area contributed by atoms with Gasteiger partial charge in [0, 0.05) is 6.54 Å². The predicted octanol–water partition coefficient (Wildman–Crippen LogP) is 4.99. The molecule has 0 heterocycles. The van der Waals surface area contributed by atoms with E-state index >= 15 is 0 Å². The number of amides is 1. The van der Waals surface area contributed by atoms with E-state index in [1.807, 2.05) is 13.8 Å². The van der Waals surface area contributed by atoms with Crippen molar-refractivity contribution in [1.29, 1.82) is 0 Å². The molecule has 10 heteroatoms. The SMILES string of the molecule is CC(C)CNC(=O)[C@@H](C)Oc1ccc(S(=O)(=O)Nc2cc(Cl)c(Cl)cc2Cl)cc1. The van der Waals surface area contributed by atoms with E-state index in [-0.39, 0.29) is 31.6 Å². The topological polar surface area (TPSA) is 84.5 Å². The second kappa shape index (κ2) is 9.89. The lowest BCUT2D eigenvalue weighted by Gasteiger charge is -2.16. The molecule has 0 saturated heterocycles. The molecule has 0 saturated carbocycles. The average Bonchev–Trinajstić information content (AvgIpc) is 2.64. The van der Waals surface area contributed by atoms with Crippen LogP contribution < -0.4 is 14.8 Å².